The highest BCUT2D eigenvalue weighted by Gasteiger charge is 2.23. The topological polar surface area (TPSA) is 67.0 Å². The number of fused-ring (bicyclic) bond motifs is 1. The Balaban J connectivity index is 1.72. The van der Waals surface area contributed by atoms with E-state index in [0.29, 0.717) is 13.0 Å². The zero-order chi connectivity index (χ0) is 14.8. The van der Waals surface area contributed by atoms with Crippen molar-refractivity contribution in [2.75, 3.05) is 11.9 Å². The van der Waals surface area contributed by atoms with E-state index < -0.39 is 0 Å². The van der Waals surface area contributed by atoms with Gasteiger partial charge in [-0.25, -0.2) is 0 Å². The molecular formula is C16H19N3O2. The summed E-state index contributed by atoms with van der Waals surface area (Å²) >= 11 is 0. The summed E-state index contributed by atoms with van der Waals surface area (Å²) in [5.74, 6) is -0.0516. The zero-order valence-corrected chi connectivity index (χ0v) is 12.3. The van der Waals surface area contributed by atoms with E-state index in [1.165, 1.54) is 5.56 Å². The predicted octanol–water partition coefficient (Wildman–Crippen LogP) is 2.67. The molecule has 0 bridgehead atoms. The molecule has 0 saturated heterocycles. The van der Waals surface area contributed by atoms with Crippen LogP contribution in [0.3, 0.4) is 0 Å². The lowest BCUT2D eigenvalue weighted by Gasteiger charge is -2.25. The van der Waals surface area contributed by atoms with Crippen molar-refractivity contribution >= 4 is 11.6 Å². The molecule has 1 unspecified atom stereocenters. The van der Waals surface area contributed by atoms with E-state index in [0.717, 1.165) is 29.1 Å². The molecule has 0 spiro atoms. The summed E-state index contributed by atoms with van der Waals surface area (Å²) in [6.07, 6.45) is 1.07. The molecule has 1 atom stereocenters. The Morgan fingerprint density at radius 2 is 2.24 bits per heavy atom. The summed E-state index contributed by atoms with van der Waals surface area (Å²) in [6.45, 7) is 4.42. The number of anilines is 1. The fourth-order valence-corrected chi connectivity index (χ4v) is 2.74. The molecule has 1 aliphatic heterocycles. The number of nitrogens with one attached hydrogen (secondary N) is 2. The van der Waals surface area contributed by atoms with Crippen LogP contribution in [0.1, 0.15) is 35.0 Å². The van der Waals surface area contributed by atoms with Gasteiger partial charge in [-0.1, -0.05) is 24.3 Å². The molecule has 1 aromatic heterocycles. The first-order valence-corrected chi connectivity index (χ1v) is 7.16. The normalized spacial score (nSPS) is 17.3. The average Bonchev–Trinajstić information content (AvgIpc) is 2.79. The van der Waals surface area contributed by atoms with Crippen LogP contribution in [0.5, 0.6) is 0 Å². The maximum absolute atomic E-state index is 12.3. The van der Waals surface area contributed by atoms with Gasteiger partial charge < -0.3 is 10.1 Å². The lowest BCUT2D eigenvalue weighted by molar-refractivity contribution is -0.119. The lowest BCUT2D eigenvalue weighted by Crippen LogP contribution is -2.22. The molecule has 3 rings (SSSR count). The second-order valence-corrected chi connectivity index (χ2v) is 5.37. The van der Waals surface area contributed by atoms with E-state index in [-0.39, 0.29) is 12.0 Å². The highest BCUT2D eigenvalue weighted by Crippen LogP contribution is 2.30. The third kappa shape index (κ3) is 2.83. The molecule has 5 nitrogen and oxygen atoms in total. The molecule has 0 saturated carbocycles. The Labute approximate surface area is 123 Å². The van der Waals surface area contributed by atoms with E-state index in [2.05, 4.69) is 21.6 Å². The predicted molar refractivity (Wildman–Crippen MR) is 80.1 cm³/mol. The Bertz CT molecular complexity index is 644. The minimum Gasteiger partial charge on any atom is -0.373 e. The van der Waals surface area contributed by atoms with E-state index >= 15 is 0 Å². The Morgan fingerprint density at radius 3 is 3.00 bits per heavy atom. The first-order chi connectivity index (χ1) is 10.1. The van der Waals surface area contributed by atoms with Crippen molar-refractivity contribution in [3.63, 3.8) is 0 Å². The first kappa shape index (κ1) is 13.8. The molecule has 1 aromatic carbocycles. The van der Waals surface area contributed by atoms with Gasteiger partial charge in [-0.15, -0.1) is 0 Å². The highest BCUT2D eigenvalue weighted by atomic mass is 16.5. The maximum Gasteiger partial charge on any atom is 0.227 e. The molecule has 0 radical (unpaired) electrons. The minimum atomic E-state index is -0.164. The van der Waals surface area contributed by atoms with Gasteiger partial charge in [0.15, 0.2) is 0 Å². The summed E-state index contributed by atoms with van der Waals surface area (Å²) in [6, 6.07) is 8.16. The van der Waals surface area contributed by atoms with Crippen LogP contribution in [-0.4, -0.2) is 22.7 Å². The van der Waals surface area contributed by atoms with Crippen LogP contribution in [0.25, 0.3) is 0 Å². The molecule has 110 valence electrons. The van der Waals surface area contributed by atoms with Crippen LogP contribution in [0.2, 0.25) is 0 Å². The van der Waals surface area contributed by atoms with Crippen molar-refractivity contribution in [3.8, 4) is 0 Å². The van der Waals surface area contributed by atoms with Gasteiger partial charge in [0.25, 0.3) is 0 Å². The number of aromatic nitrogens is 2. The monoisotopic (exact) mass is 285 g/mol. The van der Waals surface area contributed by atoms with Crippen molar-refractivity contribution in [2.24, 2.45) is 0 Å². The van der Waals surface area contributed by atoms with E-state index in [1.807, 2.05) is 32.0 Å². The van der Waals surface area contributed by atoms with Crippen LogP contribution in [0.15, 0.2) is 24.3 Å². The van der Waals surface area contributed by atoms with Gasteiger partial charge in [0.1, 0.15) is 0 Å². The minimum absolute atomic E-state index is 0.0516. The number of hydrogen-bond acceptors (Lipinski definition) is 3. The largest absolute Gasteiger partial charge is 0.373 e. The molecule has 21 heavy (non-hydrogen) atoms. The number of benzene rings is 1. The average molecular weight is 285 g/mol. The van der Waals surface area contributed by atoms with Gasteiger partial charge >= 0.3 is 0 Å². The van der Waals surface area contributed by atoms with Gasteiger partial charge in [-0.3, -0.25) is 9.89 Å². The summed E-state index contributed by atoms with van der Waals surface area (Å²) < 4.78 is 5.77. The van der Waals surface area contributed by atoms with Crippen molar-refractivity contribution in [2.45, 2.75) is 32.8 Å². The number of rotatable bonds is 3. The molecule has 1 aliphatic rings. The summed E-state index contributed by atoms with van der Waals surface area (Å²) in [7, 11) is 0. The number of H-pyrrole nitrogens is 1. The van der Waals surface area contributed by atoms with Gasteiger partial charge in [0, 0.05) is 0 Å². The summed E-state index contributed by atoms with van der Waals surface area (Å²) in [5.41, 5.74) is 4.83. The maximum atomic E-state index is 12.3. The van der Waals surface area contributed by atoms with Crippen LogP contribution < -0.4 is 5.32 Å². The Morgan fingerprint density at radius 1 is 1.43 bits per heavy atom. The third-order valence-corrected chi connectivity index (χ3v) is 3.86. The number of hydrogen-bond donors (Lipinski definition) is 2. The van der Waals surface area contributed by atoms with Crippen molar-refractivity contribution in [1.82, 2.24) is 10.2 Å². The summed E-state index contributed by atoms with van der Waals surface area (Å²) in [4.78, 5) is 12.3. The number of nitrogens with zero attached hydrogens (tertiary/aromatic N) is 1. The smallest absolute Gasteiger partial charge is 0.227 e. The Hall–Kier alpha value is -2.14. The van der Waals surface area contributed by atoms with Crippen LogP contribution in [0, 0.1) is 13.8 Å². The van der Waals surface area contributed by atoms with E-state index in [9.17, 15) is 4.79 Å². The van der Waals surface area contributed by atoms with Crippen molar-refractivity contribution in [3.05, 3.63) is 46.8 Å². The molecular weight excluding hydrogens is 266 g/mol. The number of carbonyl (C=O) groups is 1. The highest BCUT2D eigenvalue weighted by molar-refractivity contribution is 5.92. The lowest BCUT2D eigenvalue weighted by atomic mass is 9.95. The number of ether oxygens (including phenoxy) is 1. The third-order valence-electron chi connectivity index (χ3n) is 3.86. The summed E-state index contributed by atoms with van der Waals surface area (Å²) in [5, 5.41) is 9.87. The second kappa shape index (κ2) is 5.69. The number of aromatic amines is 1. The van der Waals surface area contributed by atoms with Crippen LogP contribution >= 0.6 is 0 Å². The standard InChI is InChI=1S/C16H19N3O2/c1-10-16(11(2)19-18-10)17-15(20)9-14-13-6-4-3-5-12(13)7-8-21-14/h3-6,14H,7-9H2,1-2H3,(H,17,20)(H,18,19). The molecule has 0 aliphatic carbocycles. The van der Waals surface area contributed by atoms with E-state index in [4.69, 9.17) is 4.74 Å². The number of aryl methyl sites for hydroxylation is 2. The van der Waals surface area contributed by atoms with E-state index in [1.54, 1.807) is 0 Å². The molecule has 2 N–H and O–H groups in total. The molecule has 5 heteroatoms. The molecule has 1 amide bonds. The fraction of sp³-hybridized carbons (Fsp3) is 0.375. The van der Waals surface area contributed by atoms with Gasteiger partial charge in [-0.05, 0) is 31.4 Å². The molecule has 2 heterocycles. The van der Waals surface area contributed by atoms with Gasteiger partial charge in [0.2, 0.25) is 5.91 Å². The number of carbonyl (C=O) groups excluding carboxylic acids is 1. The number of amides is 1. The second-order valence-electron chi connectivity index (χ2n) is 5.37. The molecule has 0 fully saturated rings. The van der Waals surface area contributed by atoms with Crippen molar-refractivity contribution in [1.29, 1.82) is 0 Å². The van der Waals surface area contributed by atoms with Gasteiger partial charge in [0.05, 0.1) is 36.2 Å². The van der Waals surface area contributed by atoms with Crippen LogP contribution in [-0.2, 0) is 16.0 Å². The fourth-order valence-electron chi connectivity index (χ4n) is 2.74. The van der Waals surface area contributed by atoms with Gasteiger partial charge in [-0.2, -0.15) is 5.10 Å². The first-order valence-electron chi connectivity index (χ1n) is 7.16. The molecule has 2 aromatic rings. The quantitative estimate of drug-likeness (QED) is 0.911. The Kier molecular flexibility index (Phi) is 3.75. The van der Waals surface area contributed by atoms with Crippen molar-refractivity contribution < 1.29 is 9.53 Å². The SMILES string of the molecule is Cc1n[nH]c(C)c1NC(=O)CC1OCCc2ccccc21. The zero-order valence-electron chi connectivity index (χ0n) is 12.3. The van der Waals surface area contributed by atoms with Crippen LogP contribution in [0.4, 0.5) is 5.69 Å².